The van der Waals surface area contributed by atoms with Gasteiger partial charge in [-0.15, -0.1) is 0 Å². The lowest BCUT2D eigenvalue weighted by atomic mass is 10.1. The van der Waals surface area contributed by atoms with E-state index in [1.807, 2.05) is 12.1 Å². The van der Waals surface area contributed by atoms with E-state index in [1.165, 1.54) is 11.3 Å². The third kappa shape index (κ3) is 5.06. The minimum atomic E-state index is 0.0635. The van der Waals surface area contributed by atoms with Crippen molar-refractivity contribution < 1.29 is 18.8 Å². The van der Waals surface area contributed by atoms with Gasteiger partial charge >= 0.3 is 0 Å². The van der Waals surface area contributed by atoms with Gasteiger partial charge < -0.3 is 18.9 Å². The Morgan fingerprint density at radius 2 is 1.67 bits per heavy atom. The summed E-state index contributed by atoms with van der Waals surface area (Å²) in [6, 6.07) is 20.9. The summed E-state index contributed by atoms with van der Waals surface area (Å²) in [7, 11) is 5.56. The number of ketones is 1. The molecular formula is C30H32BrN2O3+. The van der Waals surface area contributed by atoms with Gasteiger partial charge in [0.25, 0.3) is 0 Å². The number of fused-ring (bicyclic) bond motifs is 1. The number of hydrogen-bond acceptors (Lipinski definition) is 4. The highest BCUT2D eigenvalue weighted by Gasteiger charge is 2.30. The van der Waals surface area contributed by atoms with Crippen LogP contribution in [0.4, 0.5) is 5.69 Å². The van der Waals surface area contributed by atoms with E-state index in [4.69, 9.17) is 9.47 Å². The summed E-state index contributed by atoms with van der Waals surface area (Å²) in [6.45, 7) is 5.33. The van der Waals surface area contributed by atoms with E-state index in [9.17, 15) is 4.79 Å². The normalized spacial score (nSPS) is 17.8. The molecular weight excluding hydrogens is 516 g/mol. The summed E-state index contributed by atoms with van der Waals surface area (Å²) in [6.07, 6.45) is 2.62. The van der Waals surface area contributed by atoms with Crippen LogP contribution in [0.5, 0.6) is 11.5 Å². The van der Waals surface area contributed by atoms with Crippen LogP contribution in [0, 0.1) is 0 Å². The number of carbonyl (C=O) groups excluding carboxylic acids is 1. The number of halogens is 1. The van der Waals surface area contributed by atoms with Gasteiger partial charge in [-0.2, -0.15) is 0 Å². The number of nitrogens with zero attached hydrogens (tertiary/aromatic N) is 2. The van der Waals surface area contributed by atoms with Crippen molar-refractivity contribution in [1.29, 1.82) is 0 Å². The van der Waals surface area contributed by atoms with Crippen LogP contribution in [0.3, 0.4) is 0 Å². The Hall–Kier alpha value is -3.09. The molecule has 5 rings (SSSR count). The van der Waals surface area contributed by atoms with Crippen LogP contribution >= 0.6 is 15.9 Å². The van der Waals surface area contributed by atoms with E-state index in [2.05, 4.69) is 76.4 Å². The Labute approximate surface area is 221 Å². The maximum absolute atomic E-state index is 13.0. The van der Waals surface area contributed by atoms with Gasteiger partial charge in [-0.3, -0.25) is 4.79 Å². The molecule has 5 nitrogen and oxygen atoms in total. The van der Waals surface area contributed by atoms with Crippen molar-refractivity contribution in [2.24, 2.45) is 0 Å². The quantitative estimate of drug-likeness (QED) is 0.290. The number of anilines is 1. The molecule has 1 aliphatic carbocycles. The first-order valence-electron chi connectivity index (χ1n) is 12.3. The third-order valence-electron chi connectivity index (χ3n) is 7.40. The van der Waals surface area contributed by atoms with Crippen LogP contribution in [-0.2, 0) is 13.0 Å². The second kappa shape index (κ2) is 10.1. The standard InChI is InChI=1S/C30H32BrN2O3/c1-33(20-22-5-4-6-25(31)16-22)13-11-32(12-14-33)26-9-7-21(8-10-26)15-24-17-23-18-28(35-2)29(36-3)19-27(23)30(24)34/h4-10,15-16,18-19H,11-14,17,20H2,1-3H3/q+1. The molecule has 3 aromatic carbocycles. The second-order valence-electron chi connectivity index (χ2n) is 9.97. The van der Waals surface area contributed by atoms with Crippen LogP contribution in [0.15, 0.2) is 70.7 Å². The molecule has 0 bridgehead atoms. The second-order valence-corrected chi connectivity index (χ2v) is 10.9. The fraction of sp³-hybridized carbons (Fsp3) is 0.300. The maximum atomic E-state index is 13.0. The van der Waals surface area contributed by atoms with Crippen molar-refractivity contribution in [3.05, 3.63) is 93.0 Å². The summed E-state index contributed by atoms with van der Waals surface area (Å²) in [4.78, 5) is 15.5. The van der Waals surface area contributed by atoms with Gasteiger partial charge in [-0.25, -0.2) is 0 Å². The van der Waals surface area contributed by atoms with E-state index >= 15 is 0 Å². The molecule has 2 aliphatic rings. The van der Waals surface area contributed by atoms with Gasteiger partial charge in [0.15, 0.2) is 17.3 Å². The van der Waals surface area contributed by atoms with Gasteiger partial charge in [0.05, 0.1) is 47.4 Å². The summed E-state index contributed by atoms with van der Waals surface area (Å²) < 4.78 is 13.0. The van der Waals surface area contributed by atoms with Crippen LogP contribution in [0.2, 0.25) is 0 Å². The highest BCUT2D eigenvalue weighted by atomic mass is 79.9. The molecule has 6 heteroatoms. The minimum Gasteiger partial charge on any atom is -0.493 e. The average Bonchev–Trinajstić information content (AvgIpc) is 3.18. The number of ether oxygens (including phenoxy) is 2. The van der Waals surface area contributed by atoms with Crippen molar-refractivity contribution in [2.75, 3.05) is 52.3 Å². The van der Waals surface area contributed by atoms with Crippen LogP contribution in [0.25, 0.3) is 6.08 Å². The molecule has 1 heterocycles. The van der Waals surface area contributed by atoms with Gasteiger partial charge in [-0.05, 0) is 53.6 Å². The molecule has 0 unspecified atom stereocenters. The maximum Gasteiger partial charge on any atom is 0.189 e. The first-order chi connectivity index (χ1) is 17.4. The lowest BCUT2D eigenvalue weighted by molar-refractivity contribution is -0.923. The summed E-state index contributed by atoms with van der Waals surface area (Å²) in [5.74, 6) is 1.30. The number of carbonyl (C=O) groups is 1. The van der Waals surface area contributed by atoms with E-state index in [0.29, 0.717) is 23.5 Å². The molecule has 1 saturated heterocycles. The van der Waals surface area contributed by atoms with Gasteiger partial charge in [0.1, 0.15) is 6.54 Å². The highest BCUT2D eigenvalue weighted by Crippen LogP contribution is 2.37. The van der Waals surface area contributed by atoms with Gasteiger partial charge in [0, 0.05) is 33.3 Å². The van der Waals surface area contributed by atoms with E-state index in [0.717, 1.165) is 58.4 Å². The number of methoxy groups -OCH3 is 2. The lowest BCUT2D eigenvalue weighted by Crippen LogP contribution is -2.56. The Morgan fingerprint density at radius 1 is 0.972 bits per heavy atom. The predicted molar refractivity (Wildman–Crippen MR) is 148 cm³/mol. The zero-order chi connectivity index (χ0) is 25.3. The lowest BCUT2D eigenvalue weighted by Gasteiger charge is -2.43. The van der Waals surface area contributed by atoms with Crippen molar-refractivity contribution in [3.8, 4) is 11.5 Å². The number of Topliss-reactive ketones (excluding diaryl/α,β-unsaturated/α-hetero) is 1. The van der Waals surface area contributed by atoms with Crippen LogP contribution in [0.1, 0.15) is 27.0 Å². The minimum absolute atomic E-state index is 0.0635. The van der Waals surface area contributed by atoms with Gasteiger partial charge in [0.2, 0.25) is 0 Å². The van der Waals surface area contributed by atoms with Crippen molar-refractivity contribution in [2.45, 2.75) is 13.0 Å². The number of quaternary nitrogens is 1. The van der Waals surface area contributed by atoms with Crippen LogP contribution < -0.4 is 14.4 Å². The molecule has 3 aromatic rings. The molecule has 0 radical (unpaired) electrons. The molecule has 0 aromatic heterocycles. The number of benzene rings is 3. The zero-order valence-electron chi connectivity index (χ0n) is 21.1. The molecule has 0 saturated carbocycles. The van der Waals surface area contributed by atoms with E-state index < -0.39 is 0 Å². The van der Waals surface area contributed by atoms with Crippen molar-refractivity contribution in [1.82, 2.24) is 0 Å². The van der Waals surface area contributed by atoms with Crippen LogP contribution in [-0.4, -0.2) is 57.7 Å². The summed E-state index contributed by atoms with van der Waals surface area (Å²) in [5.41, 5.74) is 6.14. The number of hydrogen-bond donors (Lipinski definition) is 0. The summed E-state index contributed by atoms with van der Waals surface area (Å²) >= 11 is 3.59. The van der Waals surface area contributed by atoms with E-state index in [1.54, 1.807) is 20.3 Å². The first kappa shape index (κ1) is 24.6. The SMILES string of the molecule is COc1cc2c(cc1OC)C(=O)C(=Cc1ccc(N3CC[N+](C)(Cc4cccc(Br)c4)CC3)cc1)C2. The number of rotatable bonds is 6. The fourth-order valence-electron chi connectivity index (χ4n) is 5.28. The van der Waals surface area contributed by atoms with Crippen molar-refractivity contribution in [3.63, 3.8) is 0 Å². The smallest absolute Gasteiger partial charge is 0.189 e. The highest BCUT2D eigenvalue weighted by molar-refractivity contribution is 9.10. The van der Waals surface area contributed by atoms with Crippen molar-refractivity contribution >= 4 is 33.5 Å². The molecule has 0 amide bonds. The van der Waals surface area contributed by atoms with E-state index in [-0.39, 0.29) is 5.78 Å². The molecule has 1 aliphatic heterocycles. The largest absolute Gasteiger partial charge is 0.493 e. The first-order valence-corrected chi connectivity index (χ1v) is 13.1. The zero-order valence-corrected chi connectivity index (χ0v) is 22.7. The predicted octanol–water partition coefficient (Wildman–Crippen LogP) is 5.76. The molecule has 0 atom stereocenters. The molecule has 0 N–H and O–H groups in total. The number of piperazine rings is 1. The third-order valence-corrected chi connectivity index (χ3v) is 7.89. The molecule has 186 valence electrons. The topological polar surface area (TPSA) is 38.8 Å². The molecule has 36 heavy (non-hydrogen) atoms. The average molecular weight is 549 g/mol. The van der Waals surface area contributed by atoms with Gasteiger partial charge in [-0.1, -0.05) is 40.2 Å². The monoisotopic (exact) mass is 547 g/mol. The molecule has 0 spiro atoms. The summed E-state index contributed by atoms with van der Waals surface area (Å²) in [5, 5.41) is 0. The Kier molecular flexibility index (Phi) is 6.91. The number of allylic oxidation sites excluding steroid dienone is 1. The fourth-order valence-corrected chi connectivity index (χ4v) is 5.72. The Balaban J connectivity index is 1.24. The number of likely N-dealkylation sites (N-methyl/N-ethyl adjacent to an activating group) is 1. The Bertz CT molecular complexity index is 1310. The molecule has 1 fully saturated rings. The Morgan fingerprint density at radius 3 is 2.33 bits per heavy atom.